The molecule has 1 aromatic heterocycles. The molecule has 90 valence electrons. The van der Waals surface area contributed by atoms with Crippen LogP contribution in [0.15, 0.2) is 41.3 Å². The van der Waals surface area contributed by atoms with Crippen LogP contribution in [0.25, 0.3) is 10.8 Å². The Morgan fingerprint density at radius 2 is 1.88 bits per heavy atom. The van der Waals surface area contributed by atoms with Gasteiger partial charge in [-0.1, -0.05) is 18.2 Å². The molecule has 6 heteroatoms. The van der Waals surface area contributed by atoms with E-state index in [1.165, 1.54) is 4.57 Å². The van der Waals surface area contributed by atoms with E-state index in [4.69, 9.17) is 10.7 Å². The molecule has 1 heterocycles. The lowest BCUT2D eigenvalue weighted by Gasteiger charge is -2.05. The van der Waals surface area contributed by atoms with Crippen LogP contribution in [-0.4, -0.2) is 18.7 Å². The molecule has 0 radical (unpaired) electrons. The van der Waals surface area contributed by atoms with E-state index >= 15 is 0 Å². The third-order valence-corrected chi connectivity index (χ3v) is 3.60. The first-order valence-electron chi connectivity index (χ1n) is 4.98. The molecule has 0 aliphatic heterocycles. The molecule has 0 amide bonds. The van der Waals surface area contributed by atoms with E-state index in [0.717, 1.165) is 5.39 Å². The summed E-state index contributed by atoms with van der Waals surface area (Å²) in [5, 5.41) is 1.41. The largest absolute Gasteiger partial charge is 0.314 e. The molecule has 2 aromatic rings. The molecule has 1 aromatic carbocycles. The molecule has 0 unspecified atom stereocenters. The molecule has 0 aliphatic carbocycles. The number of aryl methyl sites for hydroxylation is 1. The minimum atomic E-state index is -3.58. The highest BCUT2D eigenvalue weighted by Gasteiger charge is 2.07. The Labute approximate surface area is 103 Å². The maximum absolute atomic E-state index is 12.0. The summed E-state index contributed by atoms with van der Waals surface area (Å²) in [4.78, 5) is 12.0. The number of halogens is 1. The second-order valence-electron chi connectivity index (χ2n) is 3.64. The van der Waals surface area contributed by atoms with E-state index in [1.54, 1.807) is 24.4 Å². The third-order valence-electron chi connectivity index (χ3n) is 2.46. The quantitative estimate of drug-likeness (QED) is 0.796. The molecule has 17 heavy (non-hydrogen) atoms. The SMILES string of the molecule is O=c1c2ccccc2ccn1CCS(=O)(=O)Cl. The first kappa shape index (κ1) is 12.1. The van der Waals surface area contributed by atoms with E-state index in [-0.39, 0.29) is 17.9 Å². The standard InChI is InChI=1S/C11H10ClNO3S/c12-17(15,16)8-7-13-6-5-9-3-1-2-4-10(9)11(13)14/h1-6H,7-8H2. The van der Waals surface area contributed by atoms with Crippen LogP contribution in [-0.2, 0) is 15.6 Å². The highest BCUT2D eigenvalue weighted by Crippen LogP contribution is 2.08. The van der Waals surface area contributed by atoms with Crippen molar-refractivity contribution in [3.8, 4) is 0 Å². The maximum atomic E-state index is 12.0. The van der Waals surface area contributed by atoms with Crippen molar-refractivity contribution in [2.45, 2.75) is 6.54 Å². The van der Waals surface area contributed by atoms with Crippen LogP contribution >= 0.6 is 10.7 Å². The van der Waals surface area contributed by atoms with Crippen LogP contribution in [0.1, 0.15) is 0 Å². The van der Waals surface area contributed by atoms with E-state index in [1.807, 2.05) is 12.1 Å². The summed E-state index contributed by atoms with van der Waals surface area (Å²) in [6.07, 6.45) is 1.58. The lowest BCUT2D eigenvalue weighted by atomic mass is 10.2. The van der Waals surface area contributed by atoms with Gasteiger partial charge in [-0.3, -0.25) is 4.79 Å². The summed E-state index contributed by atoms with van der Waals surface area (Å²) in [5.74, 6) is -0.257. The summed E-state index contributed by atoms with van der Waals surface area (Å²) < 4.78 is 23.0. The predicted octanol–water partition coefficient (Wildman–Crippen LogP) is 1.57. The fourth-order valence-corrected chi connectivity index (χ4v) is 2.24. The number of fused-ring (bicyclic) bond motifs is 1. The highest BCUT2D eigenvalue weighted by molar-refractivity contribution is 8.13. The van der Waals surface area contributed by atoms with Gasteiger partial charge in [0.25, 0.3) is 5.56 Å². The Kier molecular flexibility index (Phi) is 3.22. The highest BCUT2D eigenvalue weighted by atomic mass is 35.7. The zero-order chi connectivity index (χ0) is 12.5. The van der Waals surface area contributed by atoms with Gasteiger partial charge in [0.05, 0.1) is 5.75 Å². The fraction of sp³-hybridized carbons (Fsp3) is 0.182. The second-order valence-corrected chi connectivity index (χ2v) is 6.54. The lowest BCUT2D eigenvalue weighted by molar-refractivity contribution is 0.601. The average molecular weight is 272 g/mol. The molecule has 0 atom stereocenters. The lowest BCUT2D eigenvalue weighted by Crippen LogP contribution is -2.22. The fourth-order valence-electron chi connectivity index (χ4n) is 1.61. The molecule has 0 saturated heterocycles. The Morgan fingerprint density at radius 3 is 2.59 bits per heavy atom. The van der Waals surface area contributed by atoms with Crippen LogP contribution in [0, 0.1) is 0 Å². The summed E-state index contributed by atoms with van der Waals surface area (Å²) in [7, 11) is 1.53. The molecule has 0 fully saturated rings. The molecule has 0 bridgehead atoms. The maximum Gasteiger partial charge on any atom is 0.258 e. The average Bonchev–Trinajstić information content (AvgIpc) is 2.27. The Bertz CT molecular complexity index is 706. The second kappa shape index (κ2) is 4.50. The molecule has 0 saturated carbocycles. The van der Waals surface area contributed by atoms with Gasteiger partial charge in [-0.2, -0.15) is 0 Å². The van der Waals surface area contributed by atoms with Crippen LogP contribution in [0.2, 0.25) is 0 Å². The monoisotopic (exact) mass is 271 g/mol. The van der Waals surface area contributed by atoms with Gasteiger partial charge >= 0.3 is 0 Å². The van der Waals surface area contributed by atoms with Gasteiger partial charge < -0.3 is 4.57 Å². The molecular weight excluding hydrogens is 262 g/mol. The molecular formula is C11H10ClNO3S. The van der Waals surface area contributed by atoms with Crippen molar-refractivity contribution in [1.29, 1.82) is 0 Å². The number of hydrogen-bond acceptors (Lipinski definition) is 3. The third kappa shape index (κ3) is 2.87. The minimum Gasteiger partial charge on any atom is -0.314 e. The van der Waals surface area contributed by atoms with Gasteiger partial charge in [0, 0.05) is 28.8 Å². The molecule has 0 aliphatic rings. The van der Waals surface area contributed by atoms with Crippen molar-refractivity contribution in [2.24, 2.45) is 0 Å². The van der Waals surface area contributed by atoms with E-state index in [2.05, 4.69) is 0 Å². The summed E-state index contributed by atoms with van der Waals surface area (Å²) in [6.45, 7) is 0.0650. The number of pyridine rings is 1. The molecule has 2 rings (SSSR count). The van der Waals surface area contributed by atoms with Crippen molar-refractivity contribution < 1.29 is 8.42 Å². The van der Waals surface area contributed by atoms with Gasteiger partial charge in [-0.05, 0) is 17.5 Å². The molecule has 4 nitrogen and oxygen atoms in total. The summed E-state index contributed by atoms with van der Waals surface area (Å²) >= 11 is 0. The first-order valence-corrected chi connectivity index (χ1v) is 7.46. The van der Waals surface area contributed by atoms with E-state index in [0.29, 0.717) is 5.39 Å². The number of nitrogens with zero attached hydrogens (tertiary/aromatic N) is 1. The molecule has 0 spiro atoms. The van der Waals surface area contributed by atoms with E-state index in [9.17, 15) is 13.2 Å². The van der Waals surface area contributed by atoms with Gasteiger partial charge in [-0.15, -0.1) is 0 Å². The smallest absolute Gasteiger partial charge is 0.258 e. The first-order chi connectivity index (χ1) is 7.97. The van der Waals surface area contributed by atoms with Crippen molar-refractivity contribution in [2.75, 3.05) is 5.75 Å². The number of benzene rings is 1. The summed E-state index contributed by atoms with van der Waals surface area (Å²) in [5.41, 5.74) is -0.205. The Hall–Kier alpha value is -1.33. The molecule has 0 N–H and O–H groups in total. The van der Waals surface area contributed by atoms with Crippen molar-refractivity contribution in [3.63, 3.8) is 0 Å². The van der Waals surface area contributed by atoms with Crippen LogP contribution in [0.3, 0.4) is 0 Å². The Balaban J connectivity index is 2.43. The van der Waals surface area contributed by atoms with Crippen molar-refractivity contribution in [3.05, 3.63) is 46.9 Å². The normalized spacial score (nSPS) is 11.8. The topological polar surface area (TPSA) is 56.1 Å². The van der Waals surface area contributed by atoms with Gasteiger partial charge in [-0.25, -0.2) is 8.42 Å². The van der Waals surface area contributed by atoms with Crippen molar-refractivity contribution >= 4 is 30.5 Å². The van der Waals surface area contributed by atoms with E-state index < -0.39 is 9.05 Å². The zero-order valence-corrected chi connectivity index (χ0v) is 10.4. The van der Waals surface area contributed by atoms with Gasteiger partial charge in [0.15, 0.2) is 0 Å². The summed E-state index contributed by atoms with van der Waals surface area (Å²) in [6, 6.07) is 8.93. The van der Waals surface area contributed by atoms with Crippen LogP contribution in [0.5, 0.6) is 0 Å². The van der Waals surface area contributed by atoms with Crippen molar-refractivity contribution in [1.82, 2.24) is 4.57 Å². The predicted molar refractivity (Wildman–Crippen MR) is 67.8 cm³/mol. The van der Waals surface area contributed by atoms with Gasteiger partial charge in [0.2, 0.25) is 9.05 Å². The number of rotatable bonds is 3. The Morgan fingerprint density at radius 1 is 1.18 bits per heavy atom. The number of aromatic nitrogens is 1. The minimum absolute atomic E-state index is 0.0650. The van der Waals surface area contributed by atoms with Crippen LogP contribution < -0.4 is 5.56 Å². The zero-order valence-electron chi connectivity index (χ0n) is 8.84. The van der Waals surface area contributed by atoms with Crippen LogP contribution in [0.4, 0.5) is 0 Å². The number of hydrogen-bond donors (Lipinski definition) is 0. The van der Waals surface area contributed by atoms with Gasteiger partial charge in [0.1, 0.15) is 0 Å².